The summed E-state index contributed by atoms with van der Waals surface area (Å²) in [5, 5.41) is 10.3. The minimum atomic E-state index is -1.81. The van der Waals surface area contributed by atoms with Crippen molar-refractivity contribution in [3.8, 4) is 6.07 Å². The van der Waals surface area contributed by atoms with Crippen molar-refractivity contribution >= 4 is 8.32 Å². The Hall–Kier alpha value is -0.673. The minimum Gasteiger partial charge on any atom is -0.399 e. The Morgan fingerprint density at radius 3 is 2.40 bits per heavy atom. The van der Waals surface area contributed by atoms with Gasteiger partial charge in [-0.1, -0.05) is 25.5 Å². The van der Waals surface area contributed by atoms with E-state index in [4.69, 9.17) is 13.9 Å². The van der Waals surface area contributed by atoms with Crippen molar-refractivity contribution in [2.45, 2.75) is 96.2 Å². The molecule has 1 aliphatic heterocycles. The fourth-order valence-corrected chi connectivity index (χ4v) is 9.67. The average molecular weight is 430 g/mol. The Morgan fingerprint density at radius 1 is 1.03 bits per heavy atom. The van der Waals surface area contributed by atoms with E-state index in [-0.39, 0.29) is 16.6 Å². The molecule has 5 heteroatoms. The second-order valence-electron chi connectivity index (χ2n) is 12.2. The summed E-state index contributed by atoms with van der Waals surface area (Å²) in [6, 6.07) is 2.73. The number of allylic oxidation sites excluding steroid dienone is 1. The second kappa shape index (κ2) is 6.67. The lowest BCUT2D eigenvalue weighted by atomic mass is 9.47. The van der Waals surface area contributed by atoms with Gasteiger partial charge >= 0.3 is 0 Å². The third-order valence-corrected chi connectivity index (χ3v) is 10.7. The molecule has 0 aromatic heterocycles. The molecule has 5 rings (SSSR count). The van der Waals surface area contributed by atoms with Crippen LogP contribution >= 0.6 is 0 Å². The van der Waals surface area contributed by atoms with Gasteiger partial charge in [0.05, 0.1) is 19.3 Å². The van der Waals surface area contributed by atoms with Crippen LogP contribution < -0.4 is 0 Å². The molecule has 1 saturated heterocycles. The minimum absolute atomic E-state index is 0.0154. The number of ether oxygens (including phenoxy) is 2. The van der Waals surface area contributed by atoms with Crippen molar-refractivity contribution in [1.82, 2.24) is 0 Å². The van der Waals surface area contributed by atoms with Gasteiger partial charge in [0, 0.05) is 18.3 Å². The number of nitrogens with zero attached hydrogens (tertiary/aromatic N) is 1. The zero-order valence-corrected chi connectivity index (χ0v) is 20.6. The summed E-state index contributed by atoms with van der Waals surface area (Å²) < 4.78 is 18.9. The maximum absolute atomic E-state index is 10.3. The predicted octanol–water partition coefficient (Wildman–Crippen LogP) is 5.81. The molecule has 1 spiro atoms. The second-order valence-corrected chi connectivity index (χ2v) is 16.6. The molecule has 5 aliphatic rings. The Kier molecular flexibility index (Phi) is 4.71. The summed E-state index contributed by atoms with van der Waals surface area (Å²) in [6.45, 7) is 13.1. The maximum Gasteiger partial charge on any atom is 0.185 e. The fraction of sp³-hybridized carbons (Fsp3) is 0.880. The lowest BCUT2D eigenvalue weighted by molar-refractivity contribution is -0.186. The van der Waals surface area contributed by atoms with Crippen LogP contribution in [0.1, 0.15) is 65.2 Å². The monoisotopic (exact) mass is 429 g/mol. The van der Waals surface area contributed by atoms with Crippen molar-refractivity contribution in [3.63, 3.8) is 0 Å². The first-order valence-corrected chi connectivity index (χ1v) is 15.6. The quantitative estimate of drug-likeness (QED) is 0.411. The molecule has 0 amide bonds. The van der Waals surface area contributed by atoms with Gasteiger partial charge in [-0.05, 0) is 81.3 Å². The van der Waals surface area contributed by atoms with Crippen LogP contribution in [0, 0.1) is 39.9 Å². The molecule has 0 N–H and O–H groups in total. The van der Waals surface area contributed by atoms with E-state index in [0.717, 1.165) is 64.1 Å². The van der Waals surface area contributed by atoms with Gasteiger partial charge in [0.1, 0.15) is 5.60 Å². The first-order valence-electron chi connectivity index (χ1n) is 12.2. The van der Waals surface area contributed by atoms with E-state index in [2.05, 4.69) is 45.6 Å². The van der Waals surface area contributed by atoms with E-state index in [0.29, 0.717) is 11.8 Å². The largest absolute Gasteiger partial charge is 0.399 e. The Morgan fingerprint density at radius 2 is 1.73 bits per heavy atom. The van der Waals surface area contributed by atoms with Gasteiger partial charge in [0.2, 0.25) is 0 Å². The number of hydrogen-bond donors (Lipinski definition) is 0. The molecule has 0 radical (unpaired) electrons. The standard InChI is InChI=1S/C25H39NO3Si/c1-22-12-13-25(27-14-15-28-25)16-18(22)6-7-19-20(22)8-10-23(2)21(19)9-11-24(23,17-26)29-30(3,4)5/h6,19-21H,7-16H2,1-5H3/t19-,20?,21?,22+,23+,24+/m1/s1. The van der Waals surface area contributed by atoms with Gasteiger partial charge in [-0.3, -0.25) is 0 Å². The first-order chi connectivity index (χ1) is 14.1. The number of hydrogen-bond acceptors (Lipinski definition) is 4. The van der Waals surface area contributed by atoms with Crippen LogP contribution in [0.5, 0.6) is 0 Å². The van der Waals surface area contributed by atoms with Crippen molar-refractivity contribution in [2.24, 2.45) is 28.6 Å². The smallest absolute Gasteiger partial charge is 0.185 e. The molecule has 2 unspecified atom stereocenters. The number of rotatable bonds is 2. The summed E-state index contributed by atoms with van der Waals surface area (Å²) in [5.41, 5.74) is 1.25. The summed E-state index contributed by atoms with van der Waals surface area (Å²) in [5.74, 6) is 1.65. The van der Waals surface area contributed by atoms with Crippen LogP contribution in [0.2, 0.25) is 19.6 Å². The highest BCUT2D eigenvalue weighted by Gasteiger charge is 2.66. The molecule has 1 heterocycles. The van der Waals surface area contributed by atoms with Gasteiger partial charge in [0.15, 0.2) is 14.1 Å². The first kappa shape index (κ1) is 21.2. The van der Waals surface area contributed by atoms with Crippen molar-refractivity contribution in [3.05, 3.63) is 11.6 Å². The SMILES string of the molecule is C[C@]12CCC3(CC1=CC[C@@H]1C2CC[C@@]2(C)C1CC[C@@]2(C#N)O[Si](C)(C)C)OCCO3. The predicted molar refractivity (Wildman–Crippen MR) is 119 cm³/mol. The third-order valence-electron chi connectivity index (χ3n) is 9.70. The average Bonchev–Trinajstić information content (AvgIpc) is 3.24. The van der Waals surface area contributed by atoms with Crippen LogP contribution in [0.15, 0.2) is 11.6 Å². The van der Waals surface area contributed by atoms with Gasteiger partial charge in [0.25, 0.3) is 0 Å². The van der Waals surface area contributed by atoms with Gasteiger partial charge in [-0.15, -0.1) is 0 Å². The van der Waals surface area contributed by atoms with E-state index < -0.39 is 13.9 Å². The highest BCUT2D eigenvalue weighted by Crippen LogP contribution is 2.68. The van der Waals surface area contributed by atoms with Gasteiger partial charge < -0.3 is 13.9 Å². The van der Waals surface area contributed by atoms with Gasteiger partial charge in [-0.2, -0.15) is 5.26 Å². The topological polar surface area (TPSA) is 51.5 Å². The fourth-order valence-electron chi connectivity index (χ4n) is 8.24. The highest BCUT2D eigenvalue weighted by atomic mass is 28.4. The van der Waals surface area contributed by atoms with Crippen molar-refractivity contribution < 1.29 is 13.9 Å². The molecule has 166 valence electrons. The Balaban J connectivity index is 1.45. The zero-order valence-electron chi connectivity index (χ0n) is 19.6. The summed E-state index contributed by atoms with van der Waals surface area (Å²) in [6.07, 6.45) is 11.2. The summed E-state index contributed by atoms with van der Waals surface area (Å²) >= 11 is 0. The van der Waals surface area contributed by atoms with E-state index in [1.807, 2.05) is 0 Å². The molecule has 3 saturated carbocycles. The third kappa shape index (κ3) is 2.86. The maximum atomic E-state index is 10.3. The molecule has 6 atom stereocenters. The Bertz CT molecular complexity index is 791. The highest BCUT2D eigenvalue weighted by molar-refractivity contribution is 6.69. The van der Waals surface area contributed by atoms with Crippen molar-refractivity contribution in [2.75, 3.05) is 13.2 Å². The van der Waals surface area contributed by atoms with E-state index in [1.54, 1.807) is 5.57 Å². The van der Waals surface area contributed by atoms with Gasteiger partial charge in [-0.25, -0.2) is 0 Å². The van der Waals surface area contributed by atoms with E-state index in [9.17, 15) is 5.26 Å². The molecule has 4 aliphatic carbocycles. The van der Waals surface area contributed by atoms with Crippen LogP contribution in [0.4, 0.5) is 0 Å². The van der Waals surface area contributed by atoms with Crippen molar-refractivity contribution in [1.29, 1.82) is 5.26 Å². The number of fused-ring (bicyclic) bond motifs is 5. The molecular weight excluding hydrogens is 390 g/mol. The molecule has 30 heavy (non-hydrogen) atoms. The van der Waals surface area contributed by atoms with Crippen LogP contribution in [0.3, 0.4) is 0 Å². The molecule has 4 fully saturated rings. The normalized spacial score (nSPS) is 47.2. The zero-order chi connectivity index (χ0) is 21.4. The molecule has 0 aromatic carbocycles. The molecular formula is C25H39NO3Si. The lowest BCUT2D eigenvalue weighted by Crippen LogP contribution is -2.57. The van der Waals surface area contributed by atoms with E-state index >= 15 is 0 Å². The summed E-state index contributed by atoms with van der Waals surface area (Å²) in [4.78, 5) is 0. The molecule has 0 aromatic rings. The lowest BCUT2D eigenvalue weighted by Gasteiger charge is -2.59. The molecule has 4 nitrogen and oxygen atoms in total. The Labute approximate surface area is 183 Å². The van der Waals surface area contributed by atoms with Crippen LogP contribution in [-0.2, 0) is 13.9 Å². The molecule has 0 bridgehead atoms. The van der Waals surface area contributed by atoms with Crippen LogP contribution in [0.25, 0.3) is 0 Å². The summed E-state index contributed by atoms with van der Waals surface area (Å²) in [7, 11) is -1.81. The van der Waals surface area contributed by atoms with Crippen LogP contribution in [-0.4, -0.2) is 32.9 Å². The van der Waals surface area contributed by atoms with E-state index in [1.165, 1.54) is 6.42 Å². The number of nitriles is 1.